The maximum Gasteiger partial charge on any atom is 0.320 e. The lowest BCUT2D eigenvalue weighted by molar-refractivity contribution is -0.136. The highest BCUT2D eigenvalue weighted by molar-refractivity contribution is 7.81. The Balaban J connectivity index is 3.08. The summed E-state index contributed by atoms with van der Waals surface area (Å²) in [6.07, 6.45) is 0. The first kappa shape index (κ1) is 10.1. The topological polar surface area (TPSA) is 37.3 Å². The first-order chi connectivity index (χ1) is 6.02. The van der Waals surface area contributed by atoms with Crippen molar-refractivity contribution < 1.29 is 9.90 Å². The molecule has 3 heteroatoms. The molecular formula is C10H12O2S. The van der Waals surface area contributed by atoms with E-state index < -0.39 is 11.2 Å². The molecule has 0 saturated carbocycles. The van der Waals surface area contributed by atoms with Gasteiger partial charge in [0.05, 0.1) is 0 Å². The van der Waals surface area contributed by atoms with E-state index in [4.69, 9.17) is 5.11 Å². The predicted molar refractivity (Wildman–Crippen MR) is 55.3 cm³/mol. The molecule has 0 saturated heterocycles. The third-order valence-electron chi connectivity index (χ3n) is 1.95. The lowest BCUT2D eigenvalue weighted by atomic mass is 10.0. The number of aliphatic carboxylic acids is 1. The molecule has 1 rings (SSSR count). The maximum absolute atomic E-state index is 10.7. The van der Waals surface area contributed by atoms with Crippen LogP contribution in [0.2, 0.25) is 0 Å². The zero-order valence-corrected chi connectivity index (χ0v) is 8.51. The second kappa shape index (κ2) is 3.83. The Hall–Kier alpha value is -0.960. The van der Waals surface area contributed by atoms with E-state index in [0.29, 0.717) is 0 Å². The van der Waals surface area contributed by atoms with Crippen molar-refractivity contribution >= 4 is 18.6 Å². The summed E-state index contributed by atoms with van der Waals surface area (Å²) in [4.78, 5) is 10.7. The minimum absolute atomic E-state index is 0.722. The first-order valence-corrected chi connectivity index (χ1v) is 4.52. The number of carboxylic acid groups (broad SMARTS) is 1. The number of rotatable bonds is 2. The van der Waals surface area contributed by atoms with Crippen LogP contribution in [-0.2, 0) is 4.79 Å². The van der Waals surface area contributed by atoms with Gasteiger partial charge in [0.2, 0.25) is 0 Å². The third kappa shape index (κ3) is 2.25. The van der Waals surface area contributed by atoms with E-state index in [1.807, 2.05) is 32.0 Å². The van der Waals surface area contributed by atoms with Gasteiger partial charge in [-0.1, -0.05) is 23.8 Å². The number of thiol groups is 1. The van der Waals surface area contributed by atoms with Crippen molar-refractivity contribution in [2.45, 2.75) is 19.1 Å². The highest BCUT2D eigenvalue weighted by atomic mass is 32.1. The van der Waals surface area contributed by atoms with E-state index in [0.717, 1.165) is 16.7 Å². The Morgan fingerprint density at radius 2 is 2.08 bits per heavy atom. The molecule has 0 radical (unpaired) electrons. The molecule has 2 nitrogen and oxygen atoms in total. The zero-order valence-electron chi connectivity index (χ0n) is 7.61. The van der Waals surface area contributed by atoms with E-state index in [1.165, 1.54) is 0 Å². The van der Waals surface area contributed by atoms with Crippen LogP contribution in [-0.4, -0.2) is 11.1 Å². The normalized spacial score (nSPS) is 12.5. The van der Waals surface area contributed by atoms with Gasteiger partial charge in [-0.2, -0.15) is 12.6 Å². The van der Waals surface area contributed by atoms with Crippen molar-refractivity contribution in [3.8, 4) is 0 Å². The molecule has 1 aromatic carbocycles. The molecule has 0 amide bonds. The van der Waals surface area contributed by atoms with Gasteiger partial charge in [-0.05, 0) is 25.0 Å². The molecular weight excluding hydrogens is 184 g/mol. The highest BCUT2D eigenvalue weighted by Gasteiger charge is 2.16. The molecule has 1 atom stereocenters. The third-order valence-corrected chi connectivity index (χ3v) is 2.45. The number of aryl methyl sites for hydroxylation is 2. The summed E-state index contributed by atoms with van der Waals surface area (Å²) in [5, 5.41) is 8.03. The summed E-state index contributed by atoms with van der Waals surface area (Å²) < 4.78 is 0. The molecule has 0 fully saturated rings. The summed E-state index contributed by atoms with van der Waals surface area (Å²) in [6.45, 7) is 3.87. The van der Waals surface area contributed by atoms with Crippen molar-refractivity contribution in [1.29, 1.82) is 0 Å². The zero-order chi connectivity index (χ0) is 10.0. The summed E-state index contributed by atoms with van der Waals surface area (Å²) >= 11 is 4.02. The van der Waals surface area contributed by atoms with Crippen LogP contribution in [0.25, 0.3) is 0 Å². The Morgan fingerprint density at radius 3 is 2.54 bits per heavy atom. The Kier molecular flexibility index (Phi) is 2.98. The van der Waals surface area contributed by atoms with Crippen LogP contribution in [0.3, 0.4) is 0 Å². The molecule has 1 aromatic rings. The molecule has 13 heavy (non-hydrogen) atoms. The molecule has 0 bridgehead atoms. The van der Waals surface area contributed by atoms with E-state index in [1.54, 1.807) is 0 Å². The predicted octanol–water partition coefficient (Wildman–Crippen LogP) is 2.36. The Bertz CT molecular complexity index is 334. The number of benzene rings is 1. The molecule has 0 aliphatic heterocycles. The lowest BCUT2D eigenvalue weighted by Gasteiger charge is -2.09. The van der Waals surface area contributed by atoms with Crippen LogP contribution in [0.5, 0.6) is 0 Å². The van der Waals surface area contributed by atoms with Gasteiger partial charge >= 0.3 is 5.97 Å². The van der Waals surface area contributed by atoms with Gasteiger partial charge in [-0.3, -0.25) is 4.79 Å². The Labute approximate surface area is 83.0 Å². The van der Waals surface area contributed by atoms with Crippen molar-refractivity contribution in [3.63, 3.8) is 0 Å². The smallest absolute Gasteiger partial charge is 0.320 e. The number of carboxylic acids is 1. The van der Waals surface area contributed by atoms with Gasteiger partial charge in [0, 0.05) is 0 Å². The van der Waals surface area contributed by atoms with Crippen molar-refractivity contribution in [2.24, 2.45) is 0 Å². The molecule has 0 aliphatic carbocycles. The Morgan fingerprint density at radius 1 is 1.46 bits per heavy atom. The average molecular weight is 196 g/mol. The standard InChI is InChI=1S/C10H12O2S/c1-6-3-4-8(7(2)5-6)9(13)10(11)12/h3-5,9,13H,1-2H3,(H,11,12). The molecule has 0 aliphatic rings. The summed E-state index contributed by atoms with van der Waals surface area (Å²) in [5.74, 6) is -0.907. The van der Waals surface area contributed by atoms with E-state index in [2.05, 4.69) is 12.6 Å². The van der Waals surface area contributed by atoms with Gasteiger partial charge in [0.1, 0.15) is 5.25 Å². The average Bonchev–Trinajstić information content (AvgIpc) is 2.03. The monoisotopic (exact) mass is 196 g/mol. The van der Waals surface area contributed by atoms with Crippen LogP contribution >= 0.6 is 12.6 Å². The van der Waals surface area contributed by atoms with Crippen LogP contribution in [0.15, 0.2) is 18.2 Å². The minimum Gasteiger partial charge on any atom is -0.480 e. The van der Waals surface area contributed by atoms with E-state index >= 15 is 0 Å². The van der Waals surface area contributed by atoms with Gasteiger partial charge in [0.25, 0.3) is 0 Å². The van der Waals surface area contributed by atoms with Gasteiger partial charge in [-0.15, -0.1) is 0 Å². The summed E-state index contributed by atoms with van der Waals surface area (Å²) in [5.41, 5.74) is 2.87. The van der Waals surface area contributed by atoms with Crippen molar-refractivity contribution in [2.75, 3.05) is 0 Å². The number of hydrogen-bond acceptors (Lipinski definition) is 2. The molecule has 70 valence electrons. The number of carbonyl (C=O) groups is 1. The fraction of sp³-hybridized carbons (Fsp3) is 0.300. The molecule has 0 heterocycles. The van der Waals surface area contributed by atoms with E-state index in [9.17, 15) is 4.79 Å². The molecule has 1 N–H and O–H groups in total. The molecule has 0 aromatic heterocycles. The van der Waals surface area contributed by atoms with Gasteiger partial charge in [0.15, 0.2) is 0 Å². The minimum atomic E-state index is -0.907. The largest absolute Gasteiger partial charge is 0.480 e. The van der Waals surface area contributed by atoms with Crippen molar-refractivity contribution in [3.05, 3.63) is 34.9 Å². The van der Waals surface area contributed by atoms with Gasteiger partial charge in [-0.25, -0.2) is 0 Å². The fourth-order valence-electron chi connectivity index (χ4n) is 1.27. The highest BCUT2D eigenvalue weighted by Crippen LogP contribution is 2.24. The first-order valence-electron chi connectivity index (χ1n) is 4.00. The maximum atomic E-state index is 10.7. The van der Waals surface area contributed by atoms with Crippen LogP contribution in [0, 0.1) is 13.8 Å². The van der Waals surface area contributed by atoms with E-state index in [-0.39, 0.29) is 0 Å². The SMILES string of the molecule is Cc1ccc(C(S)C(=O)O)c(C)c1. The summed E-state index contributed by atoms with van der Waals surface area (Å²) in [7, 11) is 0. The lowest BCUT2D eigenvalue weighted by Crippen LogP contribution is -2.06. The van der Waals surface area contributed by atoms with Crippen molar-refractivity contribution in [1.82, 2.24) is 0 Å². The second-order valence-electron chi connectivity index (χ2n) is 3.10. The quantitative estimate of drug-likeness (QED) is 0.712. The molecule has 0 spiro atoms. The number of hydrogen-bond donors (Lipinski definition) is 2. The second-order valence-corrected chi connectivity index (χ2v) is 3.62. The van der Waals surface area contributed by atoms with Gasteiger partial charge < -0.3 is 5.11 Å². The van der Waals surface area contributed by atoms with Crippen LogP contribution in [0.1, 0.15) is 21.9 Å². The molecule has 1 unspecified atom stereocenters. The van der Waals surface area contributed by atoms with Crippen LogP contribution < -0.4 is 0 Å². The fourth-order valence-corrected chi connectivity index (χ4v) is 1.56. The summed E-state index contributed by atoms with van der Waals surface area (Å²) in [6, 6.07) is 5.67. The van der Waals surface area contributed by atoms with Crippen LogP contribution in [0.4, 0.5) is 0 Å².